The summed E-state index contributed by atoms with van der Waals surface area (Å²) in [6.07, 6.45) is 3.80. The van der Waals surface area contributed by atoms with Crippen LogP contribution in [0.15, 0.2) is 29.1 Å². The number of ether oxygens (including phenoxy) is 1. The maximum absolute atomic E-state index is 13.2. The molecule has 0 fully saturated rings. The molecule has 1 atom stereocenters. The molecular formula is C22H24N2O4S. The maximum Gasteiger partial charge on any atom is 0.335 e. The lowest BCUT2D eigenvalue weighted by Gasteiger charge is -2.17. The predicted molar refractivity (Wildman–Crippen MR) is 113 cm³/mol. The fourth-order valence-corrected chi connectivity index (χ4v) is 5.31. The fourth-order valence-electron chi connectivity index (χ4n) is 3.89. The number of thiophene rings is 1. The van der Waals surface area contributed by atoms with Gasteiger partial charge in [-0.15, -0.1) is 11.3 Å². The molecule has 4 rings (SSSR count). The Hall–Kier alpha value is -2.67. The van der Waals surface area contributed by atoms with Gasteiger partial charge in [0.25, 0.3) is 5.56 Å². The number of carboxylic acids is 1. The van der Waals surface area contributed by atoms with Gasteiger partial charge in [-0.05, 0) is 68.4 Å². The second kappa shape index (κ2) is 7.99. The fraction of sp³-hybridized carbons (Fsp3) is 0.409. The summed E-state index contributed by atoms with van der Waals surface area (Å²) < 4.78 is 7.44. The Morgan fingerprint density at radius 2 is 2.10 bits per heavy atom. The van der Waals surface area contributed by atoms with Crippen molar-refractivity contribution in [1.82, 2.24) is 9.55 Å². The molecule has 6 nitrogen and oxygen atoms in total. The average molecular weight is 413 g/mol. The van der Waals surface area contributed by atoms with Crippen molar-refractivity contribution < 1.29 is 14.6 Å². The SMILES string of the molecule is Cc1nc2sc3c(c2c(=O)n1CCCOc1ccc(C(=O)O)cc1)CCC(C)C3. The highest BCUT2D eigenvalue weighted by molar-refractivity contribution is 7.18. The van der Waals surface area contributed by atoms with E-state index in [4.69, 9.17) is 14.8 Å². The molecule has 1 aromatic carbocycles. The van der Waals surface area contributed by atoms with Gasteiger partial charge >= 0.3 is 5.97 Å². The third-order valence-corrected chi connectivity index (χ3v) is 6.65. The average Bonchev–Trinajstić information content (AvgIpc) is 3.04. The molecule has 29 heavy (non-hydrogen) atoms. The summed E-state index contributed by atoms with van der Waals surface area (Å²) in [7, 11) is 0. The Bertz CT molecular complexity index is 1110. The first-order valence-corrected chi connectivity index (χ1v) is 10.7. The van der Waals surface area contributed by atoms with Crippen molar-refractivity contribution in [3.63, 3.8) is 0 Å². The summed E-state index contributed by atoms with van der Waals surface area (Å²) >= 11 is 1.68. The molecule has 0 spiro atoms. The Kier molecular flexibility index (Phi) is 5.41. The maximum atomic E-state index is 13.2. The molecular weight excluding hydrogens is 388 g/mol. The Labute approximate surface area is 172 Å². The highest BCUT2D eigenvalue weighted by atomic mass is 32.1. The minimum Gasteiger partial charge on any atom is -0.494 e. The molecule has 1 N–H and O–H groups in total. The molecule has 2 aromatic heterocycles. The van der Waals surface area contributed by atoms with Crippen LogP contribution in [0.25, 0.3) is 10.2 Å². The van der Waals surface area contributed by atoms with Crippen molar-refractivity contribution in [2.24, 2.45) is 5.92 Å². The number of aromatic nitrogens is 2. The molecule has 0 amide bonds. The third kappa shape index (κ3) is 3.92. The minimum atomic E-state index is -0.959. The second-order valence-corrected chi connectivity index (χ2v) is 8.76. The highest BCUT2D eigenvalue weighted by Gasteiger charge is 2.23. The lowest BCUT2D eigenvalue weighted by molar-refractivity contribution is 0.0697. The monoisotopic (exact) mass is 412 g/mol. The smallest absolute Gasteiger partial charge is 0.335 e. The van der Waals surface area contributed by atoms with Crippen LogP contribution in [0.4, 0.5) is 0 Å². The number of hydrogen-bond donors (Lipinski definition) is 1. The summed E-state index contributed by atoms with van der Waals surface area (Å²) in [6, 6.07) is 6.33. The summed E-state index contributed by atoms with van der Waals surface area (Å²) in [5.74, 6) is 1.06. The second-order valence-electron chi connectivity index (χ2n) is 7.68. The molecule has 0 bridgehead atoms. The topological polar surface area (TPSA) is 81.4 Å². The van der Waals surface area contributed by atoms with E-state index in [2.05, 4.69) is 6.92 Å². The van der Waals surface area contributed by atoms with E-state index in [-0.39, 0.29) is 11.1 Å². The van der Waals surface area contributed by atoms with E-state index in [1.165, 1.54) is 22.6 Å². The molecule has 1 aliphatic carbocycles. The van der Waals surface area contributed by atoms with Crippen LogP contribution in [-0.4, -0.2) is 27.2 Å². The van der Waals surface area contributed by atoms with E-state index in [0.29, 0.717) is 31.2 Å². The van der Waals surface area contributed by atoms with E-state index in [1.54, 1.807) is 28.0 Å². The molecule has 152 valence electrons. The van der Waals surface area contributed by atoms with Crippen LogP contribution in [0.1, 0.15) is 46.4 Å². The van der Waals surface area contributed by atoms with Crippen LogP contribution >= 0.6 is 11.3 Å². The quantitative estimate of drug-likeness (QED) is 0.618. The Morgan fingerprint density at radius 1 is 1.34 bits per heavy atom. The number of carboxylic acid groups (broad SMARTS) is 1. The normalized spacial score (nSPS) is 16.0. The van der Waals surface area contributed by atoms with Gasteiger partial charge < -0.3 is 9.84 Å². The summed E-state index contributed by atoms with van der Waals surface area (Å²) in [5, 5.41) is 9.75. The van der Waals surface area contributed by atoms with Crippen molar-refractivity contribution in [3.8, 4) is 5.75 Å². The van der Waals surface area contributed by atoms with E-state index in [0.717, 1.165) is 35.3 Å². The molecule has 0 saturated carbocycles. The van der Waals surface area contributed by atoms with Gasteiger partial charge in [0.1, 0.15) is 16.4 Å². The summed E-state index contributed by atoms with van der Waals surface area (Å²) in [5.41, 5.74) is 1.50. The number of rotatable bonds is 6. The molecule has 1 aliphatic rings. The molecule has 0 saturated heterocycles. The zero-order chi connectivity index (χ0) is 20.5. The van der Waals surface area contributed by atoms with Crippen molar-refractivity contribution in [2.75, 3.05) is 6.61 Å². The van der Waals surface area contributed by atoms with Gasteiger partial charge in [0, 0.05) is 11.4 Å². The molecule has 2 heterocycles. The first-order chi connectivity index (χ1) is 13.9. The Balaban J connectivity index is 1.46. The van der Waals surface area contributed by atoms with Gasteiger partial charge in [0.15, 0.2) is 0 Å². The number of aromatic carboxylic acids is 1. The van der Waals surface area contributed by atoms with Crippen molar-refractivity contribution >= 4 is 27.5 Å². The highest BCUT2D eigenvalue weighted by Crippen LogP contribution is 2.35. The molecule has 1 unspecified atom stereocenters. The molecule has 0 radical (unpaired) electrons. The van der Waals surface area contributed by atoms with Crippen LogP contribution in [0.3, 0.4) is 0 Å². The van der Waals surface area contributed by atoms with Crippen LogP contribution in [0.2, 0.25) is 0 Å². The lowest BCUT2D eigenvalue weighted by atomic mass is 9.89. The zero-order valence-electron chi connectivity index (χ0n) is 16.6. The number of benzene rings is 1. The number of carbonyl (C=O) groups is 1. The van der Waals surface area contributed by atoms with Crippen LogP contribution in [-0.2, 0) is 19.4 Å². The van der Waals surface area contributed by atoms with Crippen LogP contribution in [0.5, 0.6) is 5.75 Å². The summed E-state index contributed by atoms with van der Waals surface area (Å²) in [6.45, 7) is 5.13. The van der Waals surface area contributed by atoms with Gasteiger partial charge in [-0.3, -0.25) is 9.36 Å². The minimum absolute atomic E-state index is 0.0605. The standard InChI is InChI=1S/C22H24N2O4S/c1-13-4-9-17-18(12-13)29-20-19(17)21(25)24(14(2)23-20)10-3-11-28-16-7-5-15(6-8-16)22(26)27/h5-8,13H,3-4,9-12H2,1-2H3,(H,26,27). The third-order valence-electron chi connectivity index (χ3n) is 5.50. The first kappa shape index (κ1) is 19.6. The van der Waals surface area contributed by atoms with E-state index in [1.807, 2.05) is 6.92 Å². The van der Waals surface area contributed by atoms with Gasteiger partial charge in [-0.25, -0.2) is 9.78 Å². The van der Waals surface area contributed by atoms with Crippen molar-refractivity contribution in [1.29, 1.82) is 0 Å². The largest absolute Gasteiger partial charge is 0.494 e. The van der Waals surface area contributed by atoms with E-state index >= 15 is 0 Å². The zero-order valence-corrected chi connectivity index (χ0v) is 17.4. The van der Waals surface area contributed by atoms with Crippen molar-refractivity contribution in [2.45, 2.75) is 46.1 Å². The number of fused-ring (bicyclic) bond motifs is 3. The molecule has 0 aliphatic heterocycles. The Morgan fingerprint density at radius 3 is 2.83 bits per heavy atom. The van der Waals surface area contributed by atoms with Gasteiger partial charge in [0.05, 0.1) is 17.6 Å². The van der Waals surface area contributed by atoms with E-state index < -0.39 is 5.97 Å². The predicted octanol–water partition coefficient (Wildman–Crippen LogP) is 4.06. The number of aryl methyl sites for hydroxylation is 2. The van der Waals surface area contributed by atoms with Crippen LogP contribution in [0, 0.1) is 12.8 Å². The van der Waals surface area contributed by atoms with Gasteiger partial charge in [0.2, 0.25) is 0 Å². The number of hydrogen-bond acceptors (Lipinski definition) is 5. The van der Waals surface area contributed by atoms with Crippen LogP contribution < -0.4 is 10.3 Å². The molecule has 7 heteroatoms. The molecule has 3 aromatic rings. The first-order valence-electron chi connectivity index (χ1n) is 9.92. The van der Waals surface area contributed by atoms with Crippen molar-refractivity contribution in [3.05, 3.63) is 56.4 Å². The number of nitrogens with zero attached hydrogens (tertiary/aromatic N) is 2. The van der Waals surface area contributed by atoms with Gasteiger partial charge in [-0.1, -0.05) is 6.92 Å². The summed E-state index contributed by atoms with van der Waals surface area (Å²) in [4.78, 5) is 31.0. The van der Waals surface area contributed by atoms with E-state index in [9.17, 15) is 9.59 Å². The lowest BCUT2D eigenvalue weighted by Crippen LogP contribution is -2.25. The van der Waals surface area contributed by atoms with Gasteiger partial charge in [-0.2, -0.15) is 0 Å².